The van der Waals surface area contributed by atoms with E-state index in [0.29, 0.717) is 18.2 Å². The predicted octanol–water partition coefficient (Wildman–Crippen LogP) is 3.23. The molecule has 108 valence electrons. The minimum atomic E-state index is 0.177. The number of Topliss-reactive ketones (excluding diaryl/α,β-unsaturated/α-hetero) is 1. The molecule has 2 fully saturated rings. The first-order valence-corrected chi connectivity index (χ1v) is 7.80. The minimum Gasteiger partial charge on any atom is -0.508 e. The van der Waals surface area contributed by atoms with E-state index >= 15 is 0 Å². The summed E-state index contributed by atoms with van der Waals surface area (Å²) >= 11 is 0. The van der Waals surface area contributed by atoms with Crippen LogP contribution in [0.2, 0.25) is 0 Å². The fraction of sp³-hybridized carbons (Fsp3) is 0.588. The Morgan fingerprint density at radius 3 is 2.60 bits per heavy atom. The van der Waals surface area contributed by atoms with E-state index in [4.69, 9.17) is 0 Å². The van der Waals surface area contributed by atoms with Gasteiger partial charge in [-0.2, -0.15) is 0 Å². The van der Waals surface area contributed by atoms with Gasteiger partial charge in [-0.1, -0.05) is 12.8 Å². The number of likely N-dealkylation sites (tertiary alicyclic amines) is 1. The molecule has 3 nitrogen and oxygen atoms in total. The van der Waals surface area contributed by atoms with Crippen molar-refractivity contribution in [2.75, 3.05) is 13.1 Å². The first-order chi connectivity index (χ1) is 9.74. The molecule has 3 heteroatoms. The number of carbonyl (C=O) groups excluding carboxylic acids is 1. The number of piperidine rings is 1. The van der Waals surface area contributed by atoms with Crippen molar-refractivity contribution in [3.8, 4) is 5.75 Å². The van der Waals surface area contributed by atoms with Crippen LogP contribution in [0, 0.1) is 5.92 Å². The average molecular weight is 273 g/mol. The largest absolute Gasteiger partial charge is 0.508 e. The summed E-state index contributed by atoms with van der Waals surface area (Å²) in [6.07, 6.45) is 7.84. The topological polar surface area (TPSA) is 40.5 Å². The molecular weight excluding hydrogens is 250 g/mol. The molecule has 0 aromatic heterocycles. The lowest BCUT2D eigenvalue weighted by Crippen LogP contribution is -2.48. The Morgan fingerprint density at radius 2 is 1.80 bits per heavy atom. The first kappa shape index (κ1) is 13.6. The number of carbonyl (C=O) groups is 1. The number of ketones is 1. The summed E-state index contributed by atoms with van der Waals surface area (Å²) in [6.45, 7) is 1.59. The van der Waals surface area contributed by atoms with E-state index in [1.165, 1.54) is 38.5 Å². The van der Waals surface area contributed by atoms with Crippen LogP contribution in [-0.2, 0) is 0 Å². The van der Waals surface area contributed by atoms with Crippen LogP contribution in [0.5, 0.6) is 5.75 Å². The second kappa shape index (κ2) is 5.96. The third-order valence-corrected chi connectivity index (χ3v) is 4.89. The van der Waals surface area contributed by atoms with Gasteiger partial charge in [-0.05, 0) is 62.4 Å². The number of aromatic hydroxyl groups is 1. The zero-order chi connectivity index (χ0) is 13.9. The van der Waals surface area contributed by atoms with Crippen molar-refractivity contribution in [3.05, 3.63) is 29.8 Å². The first-order valence-electron chi connectivity index (χ1n) is 7.80. The Balaban J connectivity index is 1.66. The third kappa shape index (κ3) is 2.88. The van der Waals surface area contributed by atoms with Gasteiger partial charge in [0.05, 0.1) is 6.54 Å². The van der Waals surface area contributed by atoms with Gasteiger partial charge >= 0.3 is 0 Å². The van der Waals surface area contributed by atoms with Gasteiger partial charge < -0.3 is 5.11 Å². The van der Waals surface area contributed by atoms with E-state index in [1.54, 1.807) is 24.3 Å². The Labute approximate surface area is 120 Å². The molecule has 0 bridgehead atoms. The number of phenols is 1. The highest BCUT2D eigenvalue weighted by Gasteiger charge is 2.33. The average Bonchev–Trinajstić information content (AvgIpc) is 2.48. The van der Waals surface area contributed by atoms with Crippen LogP contribution in [-0.4, -0.2) is 34.9 Å². The van der Waals surface area contributed by atoms with Crippen LogP contribution in [0.4, 0.5) is 0 Å². The molecule has 2 aliphatic rings. The van der Waals surface area contributed by atoms with E-state index < -0.39 is 0 Å². The van der Waals surface area contributed by atoms with Crippen molar-refractivity contribution in [1.29, 1.82) is 0 Å². The van der Waals surface area contributed by atoms with Gasteiger partial charge in [-0.15, -0.1) is 0 Å². The molecule has 1 saturated heterocycles. The maximum Gasteiger partial charge on any atom is 0.176 e. The van der Waals surface area contributed by atoms with Gasteiger partial charge in [-0.3, -0.25) is 9.69 Å². The SMILES string of the molecule is O=C(CN1CCC[C@H]2CCCC[C@H]21)c1ccc(O)cc1. The van der Waals surface area contributed by atoms with Crippen molar-refractivity contribution in [1.82, 2.24) is 4.90 Å². The van der Waals surface area contributed by atoms with Gasteiger partial charge in [0.2, 0.25) is 0 Å². The zero-order valence-electron chi connectivity index (χ0n) is 11.9. The summed E-state index contributed by atoms with van der Waals surface area (Å²) < 4.78 is 0. The Morgan fingerprint density at radius 1 is 1.10 bits per heavy atom. The highest BCUT2D eigenvalue weighted by Crippen LogP contribution is 2.35. The smallest absolute Gasteiger partial charge is 0.176 e. The summed E-state index contributed by atoms with van der Waals surface area (Å²) in [5, 5.41) is 9.29. The molecule has 0 spiro atoms. The monoisotopic (exact) mass is 273 g/mol. The highest BCUT2D eigenvalue weighted by atomic mass is 16.3. The normalized spacial score (nSPS) is 27.0. The number of rotatable bonds is 3. The molecule has 20 heavy (non-hydrogen) atoms. The van der Waals surface area contributed by atoms with E-state index in [-0.39, 0.29) is 11.5 Å². The highest BCUT2D eigenvalue weighted by molar-refractivity contribution is 5.97. The van der Waals surface area contributed by atoms with Crippen LogP contribution >= 0.6 is 0 Å². The van der Waals surface area contributed by atoms with Gasteiger partial charge in [0.25, 0.3) is 0 Å². The Hall–Kier alpha value is -1.35. The molecule has 3 rings (SSSR count). The molecule has 1 saturated carbocycles. The lowest BCUT2D eigenvalue weighted by molar-refractivity contribution is 0.0539. The van der Waals surface area contributed by atoms with E-state index in [9.17, 15) is 9.90 Å². The second-order valence-corrected chi connectivity index (χ2v) is 6.19. The molecule has 0 amide bonds. The number of hydrogen-bond acceptors (Lipinski definition) is 3. The summed E-state index contributed by atoms with van der Waals surface area (Å²) in [6, 6.07) is 7.25. The minimum absolute atomic E-state index is 0.177. The van der Waals surface area contributed by atoms with Crippen molar-refractivity contribution < 1.29 is 9.90 Å². The van der Waals surface area contributed by atoms with Crippen LogP contribution in [0.1, 0.15) is 48.9 Å². The third-order valence-electron chi connectivity index (χ3n) is 4.89. The zero-order valence-corrected chi connectivity index (χ0v) is 11.9. The predicted molar refractivity (Wildman–Crippen MR) is 79.0 cm³/mol. The molecule has 1 N–H and O–H groups in total. The summed E-state index contributed by atoms with van der Waals surface area (Å²) in [7, 11) is 0. The van der Waals surface area contributed by atoms with Crippen molar-refractivity contribution in [2.24, 2.45) is 5.92 Å². The molecule has 1 aliphatic carbocycles. The van der Waals surface area contributed by atoms with Gasteiger partial charge in [-0.25, -0.2) is 0 Å². The van der Waals surface area contributed by atoms with Crippen molar-refractivity contribution in [3.63, 3.8) is 0 Å². The molecule has 2 atom stereocenters. The summed E-state index contributed by atoms with van der Waals surface area (Å²) in [5.41, 5.74) is 0.709. The van der Waals surface area contributed by atoms with Crippen LogP contribution < -0.4 is 0 Å². The molecule has 0 radical (unpaired) electrons. The van der Waals surface area contributed by atoms with Crippen LogP contribution in [0.15, 0.2) is 24.3 Å². The molecule has 1 aromatic carbocycles. The van der Waals surface area contributed by atoms with Gasteiger partial charge in [0, 0.05) is 11.6 Å². The molecule has 1 heterocycles. The fourth-order valence-corrected chi connectivity index (χ4v) is 3.85. The Bertz CT molecular complexity index is 466. The number of fused-ring (bicyclic) bond motifs is 1. The van der Waals surface area contributed by atoms with E-state index in [1.807, 2.05) is 0 Å². The maximum atomic E-state index is 12.4. The van der Waals surface area contributed by atoms with Crippen molar-refractivity contribution in [2.45, 2.75) is 44.6 Å². The quantitative estimate of drug-likeness (QED) is 0.860. The number of phenolic OH excluding ortho intramolecular Hbond substituents is 1. The molecule has 1 aromatic rings. The fourth-order valence-electron chi connectivity index (χ4n) is 3.85. The second-order valence-electron chi connectivity index (χ2n) is 6.19. The Kier molecular flexibility index (Phi) is 4.06. The van der Waals surface area contributed by atoms with Crippen LogP contribution in [0.25, 0.3) is 0 Å². The molecule has 0 unspecified atom stereocenters. The lowest BCUT2D eigenvalue weighted by Gasteiger charge is -2.43. The van der Waals surface area contributed by atoms with Gasteiger partial charge in [0.15, 0.2) is 5.78 Å². The maximum absolute atomic E-state index is 12.4. The summed E-state index contributed by atoms with van der Waals surface area (Å²) in [5.74, 6) is 1.20. The number of hydrogen-bond donors (Lipinski definition) is 1. The number of nitrogens with zero attached hydrogens (tertiary/aromatic N) is 1. The standard InChI is InChI=1S/C17H23NO2/c19-15-9-7-14(8-10-15)17(20)12-18-11-3-5-13-4-1-2-6-16(13)18/h7-10,13,16,19H,1-6,11-12H2/t13-,16-/m1/s1. The number of benzene rings is 1. The van der Waals surface area contributed by atoms with Gasteiger partial charge in [0.1, 0.15) is 5.75 Å². The van der Waals surface area contributed by atoms with E-state index in [2.05, 4.69) is 4.90 Å². The molecular formula is C17H23NO2. The lowest BCUT2D eigenvalue weighted by atomic mass is 9.78. The van der Waals surface area contributed by atoms with E-state index in [0.717, 1.165) is 12.5 Å². The molecule has 1 aliphatic heterocycles. The van der Waals surface area contributed by atoms with Crippen molar-refractivity contribution >= 4 is 5.78 Å². The van der Waals surface area contributed by atoms with Crippen LogP contribution in [0.3, 0.4) is 0 Å². The summed E-state index contributed by atoms with van der Waals surface area (Å²) in [4.78, 5) is 14.8.